The fourth-order valence-corrected chi connectivity index (χ4v) is 5.61. The van der Waals surface area contributed by atoms with Gasteiger partial charge in [-0.1, -0.05) is 48.5 Å². The van der Waals surface area contributed by atoms with Crippen molar-refractivity contribution in [3.63, 3.8) is 0 Å². The summed E-state index contributed by atoms with van der Waals surface area (Å²) in [5, 5.41) is 12.6. The minimum atomic E-state index is -0.858. The van der Waals surface area contributed by atoms with Crippen LogP contribution in [-0.2, 0) is 16.2 Å². The van der Waals surface area contributed by atoms with Gasteiger partial charge in [0, 0.05) is 33.4 Å². The van der Waals surface area contributed by atoms with Crippen molar-refractivity contribution in [2.45, 2.75) is 26.5 Å². The largest absolute Gasteiger partial charge is 0.507 e. The van der Waals surface area contributed by atoms with Gasteiger partial charge in [-0.25, -0.2) is 0 Å². The lowest BCUT2D eigenvalue weighted by molar-refractivity contribution is -0.132. The average molecular weight is 559 g/mol. The molecule has 4 aromatic carbocycles. The molecular formula is C35H30N2O5. The zero-order valence-corrected chi connectivity index (χ0v) is 23.5. The van der Waals surface area contributed by atoms with Gasteiger partial charge >= 0.3 is 0 Å². The number of ether oxygens (including phenoxy) is 2. The molecule has 1 unspecified atom stereocenters. The highest BCUT2D eigenvalue weighted by atomic mass is 16.5. The second-order valence-electron chi connectivity index (χ2n) is 10.3. The number of amides is 1. The number of aliphatic hydroxyl groups is 1. The third-order valence-electron chi connectivity index (χ3n) is 7.70. The van der Waals surface area contributed by atoms with E-state index < -0.39 is 17.7 Å². The highest BCUT2D eigenvalue weighted by Crippen LogP contribution is 2.46. The van der Waals surface area contributed by atoms with Crippen LogP contribution in [0.25, 0.3) is 16.7 Å². The summed E-state index contributed by atoms with van der Waals surface area (Å²) in [5.41, 5.74) is 5.23. The fourth-order valence-electron chi connectivity index (χ4n) is 5.61. The molecule has 0 saturated carbocycles. The number of aromatic nitrogens is 1. The number of aryl methyl sites for hydroxylation is 2. The predicted molar refractivity (Wildman–Crippen MR) is 163 cm³/mol. The van der Waals surface area contributed by atoms with Gasteiger partial charge in [0.2, 0.25) is 0 Å². The predicted octanol–water partition coefficient (Wildman–Crippen LogP) is 7.00. The molecule has 1 amide bonds. The lowest BCUT2D eigenvalue weighted by Crippen LogP contribution is -2.29. The zero-order valence-electron chi connectivity index (χ0n) is 23.5. The zero-order chi connectivity index (χ0) is 29.4. The Morgan fingerprint density at radius 2 is 1.62 bits per heavy atom. The van der Waals surface area contributed by atoms with Gasteiger partial charge < -0.3 is 19.6 Å². The first-order valence-electron chi connectivity index (χ1n) is 13.7. The monoisotopic (exact) mass is 558 g/mol. The lowest BCUT2D eigenvalue weighted by Gasteiger charge is -2.26. The van der Waals surface area contributed by atoms with Crippen molar-refractivity contribution < 1.29 is 24.2 Å². The highest BCUT2D eigenvalue weighted by molar-refractivity contribution is 6.52. The van der Waals surface area contributed by atoms with Crippen molar-refractivity contribution in [2.75, 3.05) is 12.0 Å². The van der Waals surface area contributed by atoms with Crippen molar-refractivity contribution in [1.82, 2.24) is 4.98 Å². The minimum Gasteiger partial charge on any atom is -0.507 e. The molecule has 0 bridgehead atoms. The van der Waals surface area contributed by atoms with Crippen LogP contribution >= 0.6 is 0 Å². The van der Waals surface area contributed by atoms with Gasteiger partial charge in [-0.05, 0) is 73.5 Å². The van der Waals surface area contributed by atoms with Crippen LogP contribution in [0.4, 0.5) is 5.69 Å². The maximum Gasteiger partial charge on any atom is 0.300 e. The van der Waals surface area contributed by atoms with Crippen molar-refractivity contribution in [3.8, 4) is 11.5 Å². The number of H-pyrrole nitrogens is 1. The molecule has 0 spiro atoms. The quantitative estimate of drug-likeness (QED) is 0.128. The number of aromatic amines is 1. The number of carbonyl (C=O) groups excluding carboxylic acids is 2. The number of ketones is 1. The molecule has 1 aliphatic rings. The number of aliphatic hydroxyl groups excluding tert-OH is 1. The van der Waals surface area contributed by atoms with E-state index in [1.807, 2.05) is 68.4 Å². The molecule has 5 aromatic rings. The Morgan fingerprint density at radius 1 is 0.905 bits per heavy atom. The minimum absolute atomic E-state index is 0.0287. The van der Waals surface area contributed by atoms with E-state index in [-0.39, 0.29) is 11.3 Å². The standard InChI is InChI=1S/C35H30N2O5/c1-21-19-24(13-18-29(21)42-20-23-9-5-4-6-10-23)33(38)31-32(30-22(2)36-28-12-8-7-11-27(28)30)37(35(40)34(31)39)25-14-16-26(41-3)17-15-25/h4-19,32,36,38H,20H2,1-3H3/b33-31+. The number of para-hydroxylation sites is 1. The Balaban J connectivity index is 1.47. The number of nitrogens with one attached hydrogen (secondary N) is 1. The van der Waals surface area contributed by atoms with E-state index in [9.17, 15) is 14.7 Å². The topological polar surface area (TPSA) is 91.9 Å². The van der Waals surface area contributed by atoms with Crippen LogP contribution in [0.1, 0.15) is 34.0 Å². The molecule has 7 nitrogen and oxygen atoms in total. The van der Waals surface area contributed by atoms with Crippen LogP contribution in [0.15, 0.2) is 103 Å². The summed E-state index contributed by atoms with van der Waals surface area (Å²) in [5.74, 6) is -0.411. The third-order valence-corrected chi connectivity index (χ3v) is 7.70. The first-order valence-corrected chi connectivity index (χ1v) is 13.7. The van der Waals surface area contributed by atoms with E-state index in [1.54, 1.807) is 49.6 Å². The molecule has 2 heterocycles. The smallest absolute Gasteiger partial charge is 0.300 e. The normalized spacial score (nSPS) is 16.3. The SMILES string of the molecule is COc1ccc(N2C(=O)C(=O)/C(=C(/O)c3ccc(OCc4ccccc4)c(C)c3)C2c2c(C)[nH]c3ccccc23)cc1. The van der Waals surface area contributed by atoms with Crippen LogP contribution in [0.3, 0.4) is 0 Å². The molecule has 0 radical (unpaired) electrons. The van der Waals surface area contributed by atoms with E-state index in [4.69, 9.17) is 9.47 Å². The third kappa shape index (κ3) is 4.69. The molecule has 1 fully saturated rings. The fraction of sp³-hybridized carbons (Fsp3) is 0.143. The maximum atomic E-state index is 13.7. The van der Waals surface area contributed by atoms with Crippen LogP contribution in [0.2, 0.25) is 0 Å². The van der Waals surface area contributed by atoms with E-state index in [0.29, 0.717) is 29.4 Å². The molecule has 2 N–H and O–H groups in total. The van der Waals surface area contributed by atoms with Gasteiger partial charge in [0.1, 0.15) is 23.9 Å². The Labute approximate surface area is 243 Å². The number of Topliss-reactive ketones (excluding diaryl/α,β-unsaturated/α-hetero) is 1. The molecule has 7 heteroatoms. The van der Waals surface area contributed by atoms with Crippen LogP contribution < -0.4 is 14.4 Å². The Morgan fingerprint density at radius 3 is 2.33 bits per heavy atom. The molecule has 1 saturated heterocycles. The van der Waals surface area contributed by atoms with Crippen molar-refractivity contribution in [2.24, 2.45) is 0 Å². The molecule has 1 atom stereocenters. The molecule has 1 aliphatic heterocycles. The van der Waals surface area contributed by atoms with Crippen molar-refractivity contribution >= 4 is 34.0 Å². The maximum absolute atomic E-state index is 13.7. The van der Waals surface area contributed by atoms with Gasteiger partial charge in [0.15, 0.2) is 0 Å². The number of anilines is 1. The Hall–Kier alpha value is -5.30. The second kappa shape index (κ2) is 10.9. The summed E-state index contributed by atoms with van der Waals surface area (Å²) in [6.07, 6.45) is 0. The number of methoxy groups -OCH3 is 1. The first kappa shape index (κ1) is 26.9. The van der Waals surface area contributed by atoms with E-state index in [1.165, 1.54) is 4.90 Å². The second-order valence-corrected chi connectivity index (χ2v) is 10.3. The lowest BCUT2D eigenvalue weighted by atomic mass is 9.92. The van der Waals surface area contributed by atoms with Crippen molar-refractivity contribution in [3.05, 3.63) is 131 Å². The van der Waals surface area contributed by atoms with E-state index in [0.717, 1.165) is 33.3 Å². The summed E-state index contributed by atoms with van der Waals surface area (Å²) in [4.78, 5) is 32.2. The van der Waals surface area contributed by atoms with Crippen LogP contribution in [0, 0.1) is 13.8 Å². The van der Waals surface area contributed by atoms with Gasteiger partial charge in [0.25, 0.3) is 11.7 Å². The average Bonchev–Trinajstić information content (AvgIpc) is 3.48. The molecule has 42 heavy (non-hydrogen) atoms. The van der Waals surface area contributed by atoms with Crippen LogP contribution in [-0.4, -0.2) is 28.9 Å². The number of nitrogens with zero attached hydrogens (tertiary/aromatic N) is 1. The number of benzene rings is 4. The molecule has 0 aliphatic carbocycles. The first-order chi connectivity index (χ1) is 20.4. The molecule has 1 aromatic heterocycles. The van der Waals surface area contributed by atoms with E-state index in [2.05, 4.69) is 4.98 Å². The van der Waals surface area contributed by atoms with Gasteiger partial charge in [-0.15, -0.1) is 0 Å². The summed E-state index contributed by atoms with van der Waals surface area (Å²) in [6.45, 7) is 4.20. The molecule has 210 valence electrons. The Bertz CT molecular complexity index is 1840. The van der Waals surface area contributed by atoms with E-state index >= 15 is 0 Å². The summed E-state index contributed by atoms with van der Waals surface area (Å²) < 4.78 is 11.3. The summed E-state index contributed by atoms with van der Waals surface area (Å²) >= 11 is 0. The van der Waals surface area contributed by atoms with Crippen molar-refractivity contribution in [1.29, 1.82) is 0 Å². The Kier molecular flexibility index (Phi) is 7.00. The molecule has 6 rings (SSSR count). The van der Waals surface area contributed by atoms with Gasteiger partial charge in [-0.2, -0.15) is 0 Å². The highest BCUT2D eigenvalue weighted by Gasteiger charge is 2.48. The number of hydrogen-bond acceptors (Lipinski definition) is 5. The van der Waals surface area contributed by atoms with Crippen LogP contribution in [0.5, 0.6) is 11.5 Å². The number of rotatable bonds is 7. The van der Waals surface area contributed by atoms with Gasteiger partial charge in [0.05, 0.1) is 18.7 Å². The molecular weight excluding hydrogens is 528 g/mol. The summed E-state index contributed by atoms with van der Waals surface area (Å²) in [7, 11) is 1.57. The number of fused-ring (bicyclic) bond motifs is 1. The number of hydrogen-bond donors (Lipinski definition) is 2. The number of carbonyl (C=O) groups is 2. The van der Waals surface area contributed by atoms with Gasteiger partial charge in [-0.3, -0.25) is 14.5 Å². The summed E-state index contributed by atoms with van der Waals surface area (Å²) in [6, 6.07) is 29.0.